The first-order chi connectivity index (χ1) is 9.19. The molecule has 2 aromatic rings. The number of hydrogen-bond acceptors (Lipinski definition) is 4. The highest BCUT2D eigenvalue weighted by atomic mass is 16.5. The molecule has 2 rings (SSSR count). The zero-order chi connectivity index (χ0) is 13.7. The predicted molar refractivity (Wildman–Crippen MR) is 72.1 cm³/mol. The van der Waals surface area contributed by atoms with E-state index in [1.807, 2.05) is 31.2 Å². The number of anilines is 2. The summed E-state index contributed by atoms with van der Waals surface area (Å²) in [6.07, 6.45) is 1.46. The van der Waals surface area contributed by atoms with Crippen molar-refractivity contribution >= 4 is 17.3 Å². The monoisotopic (exact) mass is 258 g/mol. The maximum absolute atomic E-state index is 10.8. The minimum atomic E-state index is -1.05. The van der Waals surface area contributed by atoms with Crippen molar-refractivity contribution in [3.05, 3.63) is 48.3 Å². The number of nitrogens with one attached hydrogen (secondary N) is 1. The van der Waals surface area contributed by atoms with E-state index in [4.69, 9.17) is 9.84 Å². The van der Waals surface area contributed by atoms with E-state index in [9.17, 15) is 4.79 Å². The quantitative estimate of drug-likeness (QED) is 0.862. The number of ether oxygens (including phenoxy) is 1. The predicted octanol–water partition coefficient (Wildman–Crippen LogP) is 2.92. The molecule has 0 fully saturated rings. The second-order valence-corrected chi connectivity index (χ2v) is 3.82. The van der Waals surface area contributed by atoms with Crippen LogP contribution in [0, 0.1) is 0 Å². The van der Waals surface area contributed by atoms with Gasteiger partial charge in [-0.15, -0.1) is 0 Å². The van der Waals surface area contributed by atoms with Crippen molar-refractivity contribution in [1.29, 1.82) is 0 Å². The SMILES string of the molecule is CCOc1cccc(Nc2ccnc(C(=O)O)c2)c1. The van der Waals surface area contributed by atoms with Crippen molar-refractivity contribution in [1.82, 2.24) is 4.98 Å². The van der Waals surface area contributed by atoms with Crippen LogP contribution in [0.25, 0.3) is 0 Å². The van der Waals surface area contributed by atoms with E-state index >= 15 is 0 Å². The molecule has 0 aliphatic rings. The molecule has 0 bridgehead atoms. The molecular formula is C14H14N2O3. The first kappa shape index (κ1) is 12.9. The fourth-order valence-corrected chi connectivity index (χ4v) is 1.62. The Hall–Kier alpha value is -2.56. The zero-order valence-electron chi connectivity index (χ0n) is 10.5. The summed E-state index contributed by atoms with van der Waals surface area (Å²) in [5.74, 6) is -0.285. The summed E-state index contributed by atoms with van der Waals surface area (Å²) in [6.45, 7) is 2.52. The standard InChI is InChI=1S/C14H14N2O3/c1-2-19-12-5-3-4-10(8-12)16-11-6-7-15-13(9-11)14(17)18/h3-9H,2H2,1H3,(H,15,16)(H,17,18). The fraction of sp³-hybridized carbons (Fsp3) is 0.143. The molecule has 98 valence electrons. The molecule has 0 amide bonds. The first-order valence-corrected chi connectivity index (χ1v) is 5.88. The van der Waals surface area contributed by atoms with Crippen LogP contribution in [0.1, 0.15) is 17.4 Å². The van der Waals surface area contributed by atoms with Crippen LogP contribution in [-0.2, 0) is 0 Å². The van der Waals surface area contributed by atoms with Crippen LogP contribution in [0.5, 0.6) is 5.75 Å². The smallest absolute Gasteiger partial charge is 0.354 e. The Bertz CT molecular complexity index is 584. The molecule has 0 saturated carbocycles. The van der Waals surface area contributed by atoms with E-state index < -0.39 is 5.97 Å². The molecule has 0 aliphatic carbocycles. The topological polar surface area (TPSA) is 71.5 Å². The van der Waals surface area contributed by atoms with E-state index in [1.165, 1.54) is 12.3 Å². The van der Waals surface area contributed by atoms with Crippen LogP contribution in [0.15, 0.2) is 42.6 Å². The number of aromatic nitrogens is 1. The molecule has 0 atom stereocenters. The molecule has 1 aromatic heterocycles. The highest BCUT2D eigenvalue weighted by Gasteiger charge is 2.05. The van der Waals surface area contributed by atoms with Gasteiger partial charge in [0.05, 0.1) is 6.61 Å². The highest BCUT2D eigenvalue weighted by molar-refractivity contribution is 5.86. The third-order valence-electron chi connectivity index (χ3n) is 2.41. The zero-order valence-corrected chi connectivity index (χ0v) is 10.5. The lowest BCUT2D eigenvalue weighted by atomic mass is 10.2. The van der Waals surface area contributed by atoms with Gasteiger partial charge in [0.2, 0.25) is 0 Å². The van der Waals surface area contributed by atoms with E-state index in [1.54, 1.807) is 6.07 Å². The minimum Gasteiger partial charge on any atom is -0.494 e. The van der Waals surface area contributed by atoms with Gasteiger partial charge in [0.25, 0.3) is 0 Å². The molecule has 1 heterocycles. The molecule has 0 unspecified atom stereocenters. The molecule has 0 saturated heterocycles. The van der Waals surface area contributed by atoms with Gasteiger partial charge in [0.15, 0.2) is 0 Å². The van der Waals surface area contributed by atoms with Crippen LogP contribution in [0.4, 0.5) is 11.4 Å². The van der Waals surface area contributed by atoms with Crippen molar-refractivity contribution < 1.29 is 14.6 Å². The van der Waals surface area contributed by atoms with Crippen LogP contribution in [0.2, 0.25) is 0 Å². The van der Waals surface area contributed by atoms with Crippen molar-refractivity contribution in [2.75, 3.05) is 11.9 Å². The van der Waals surface area contributed by atoms with Gasteiger partial charge in [0, 0.05) is 23.6 Å². The number of benzene rings is 1. The Labute approximate surface area is 110 Å². The summed E-state index contributed by atoms with van der Waals surface area (Å²) < 4.78 is 5.40. The lowest BCUT2D eigenvalue weighted by molar-refractivity contribution is 0.0690. The van der Waals surface area contributed by atoms with Gasteiger partial charge in [-0.05, 0) is 31.2 Å². The number of carbonyl (C=O) groups is 1. The Kier molecular flexibility index (Phi) is 3.97. The Morgan fingerprint density at radius 2 is 2.11 bits per heavy atom. The average molecular weight is 258 g/mol. The number of hydrogen-bond donors (Lipinski definition) is 2. The van der Waals surface area contributed by atoms with E-state index in [-0.39, 0.29) is 5.69 Å². The van der Waals surface area contributed by atoms with E-state index in [2.05, 4.69) is 10.3 Å². The third-order valence-corrected chi connectivity index (χ3v) is 2.41. The largest absolute Gasteiger partial charge is 0.494 e. The molecule has 2 N–H and O–H groups in total. The highest BCUT2D eigenvalue weighted by Crippen LogP contribution is 2.21. The van der Waals surface area contributed by atoms with Crippen molar-refractivity contribution in [3.63, 3.8) is 0 Å². The summed E-state index contributed by atoms with van der Waals surface area (Å²) in [7, 11) is 0. The third kappa shape index (κ3) is 3.45. The molecule has 1 aromatic carbocycles. The van der Waals surface area contributed by atoms with Gasteiger partial charge in [-0.1, -0.05) is 6.07 Å². The second-order valence-electron chi connectivity index (χ2n) is 3.82. The summed E-state index contributed by atoms with van der Waals surface area (Å²) >= 11 is 0. The van der Waals surface area contributed by atoms with Gasteiger partial charge in [-0.25, -0.2) is 9.78 Å². The Morgan fingerprint density at radius 3 is 2.84 bits per heavy atom. The van der Waals surface area contributed by atoms with Gasteiger partial charge >= 0.3 is 5.97 Å². The van der Waals surface area contributed by atoms with Crippen molar-refractivity contribution in [3.8, 4) is 5.75 Å². The molecule has 0 radical (unpaired) electrons. The number of rotatable bonds is 5. The van der Waals surface area contributed by atoms with Gasteiger partial charge < -0.3 is 15.2 Å². The molecule has 5 heteroatoms. The molecule has 19 heavy (non-hydrogen) atoms. The molecule has 0 spiro atoms. The van der Waals surface area contributed by atoms with Crippen molar-refractivity contribution in [2.24, 2.45) is 0 Å². The van der Waals surface area contributed by atoms with Crippen LogP contribution in [0.3, 0.4) is 0 Å². The van der Waals surface area contributed by atoms with Crippen molar-refractivity contribution in [2.45, 2.75) is 6.92 Å². The number of carboxylic acid groups (broad SMARTS) is 1. The lowest BCUT2D eigenvalue weighted by Gasteiger charge is -2.09. The fourth-order valence-electron chi connectivity index (χ4n) is 1.62. The summed E-state index contributed by atoms with van der Waals surface area (Å²) in [5.41, 5.74) is 1.50. The Morgan fingerprint density at radius 1 is 1.32 bits per heavy atom. The number of nitrogens with zero attached hydrogens (tertiary/aromatic N) is 1. The van der Waals surface area contributed by atoms with Crippen LogP contribution >= 0.6 is 0 Å². The Balaban J connectivity index is 2.18. The minimum absolute atomic E-state index is 0.00552. The summed E-state index contributed by atoms with van der Waals surface area (Å²) in [5, 5.41) is 12.0. The van der Waals surface area contributed by atoms with Gasteiger partial charge in [0.1, 0.15) is 11.4 Å². The molecular weight excluding hydrogens is 244 g/mol. The summed E-state index contributed by atoms with van der Waals surface area (Å²) in [6, 6.07) is 10.7. The van der Waals surface area contributed by atoms with Gasteiger partial charge in [-0.2, -0.15) is 0 Å². The average Bonchev–Trinajstić information content (AvgIpc) is 2.40. The first-order valence-electron chi connectivity index (χ1n) is 5.88. The lowest BCUT2D eigenvalue weighted by Crippen LogP contribution is -2.01. The van der Waals surface area contributed by atoms with E-state index in [0.29, 0.717) is 12.3 Å². The number of aromatic carboxylic acids is 1. The van der Waals surface area contributed by atoms with Crippen LogP contribution in [-0.4, -0.2) is 22.7 Å². The molecule has 0 aliphatic heterocycles. The molecule has 5 nitrogen and oxygen atoms in total. The van der Waals surface area contributed by atoms with Crippen LogP contribution < -0.4 is 10.1 Å². The maximum Gasteiger partial charge on any atom is 0.354 e. The second kappa shape index (κ2) is 5.86. The maximum atomic E-state index is 10.8. The summed E-state index contributed by atoms with van der Waals surface area (Å²) in [4.78, 5) is 14.6. The number of carboxylic acids is 1. The number of pyridine rings is 1. The van der Waals surface area contributed by atoms with E-state index in [0.717, 1.165) is 11.4 Å². The van der Waals surface area contributed by atoms with Gasteiger partial charge in [-0.3, -0.25) is 0 Å². The normalized spacial score (nSPS) is 9.95.